The zero-order chi connectivity index (χ0) is 14.8. The predicted octanol–water partition coefficient (Wildman–Crippen LogP) is 2.83. The molecular weight excluding hydrogens is 282 g/mol. The van der Waals surface area contributed by atoms with E-state index < -0.39 is 0 Å². The molecule has 0 bridgehead atoms. The highest BCUT2D eigenvalue weighted by atomic mass is 32.1. The van der Waals surface area contributed by atoms with Crippen LogP contribution in [0.5, 0.6) is 0 Å². The van der Waals surface area contributed by atoms with Gasteiger partial charge in [0.1, 0.15) is 0 Å². The van der Waals surface area contributed by atoms with Crippen molar-refractivity contribution in [1.82, 2.24) is 19.7 Å². The predicted molar refractivity (Wildman–Crippen MR) is 88.4 cm³/mol. The van der Waals surface area contributed by atoms with Gasteiger partial charge in [0.25, 0.3) is 0 Å². The Bertz CT molecular complexity index is 506. The molecule has 1 saturated carbocycles. The van der Waals surface area contributed by atoms with Crippen LogP contribution in [0, 0.1) is 10.7 Å². The summed E-state index contributed by atoms with van der Waals surface area (Å²) < 4.78 is 3.07. The van der Waals surface area contributed by atoms with Crippen LogP contribution >= 0.6 is 12.2 Å². The number of anilines is 1. The average Bonchev–Trinajstić information content (AvgIpc) is 3.08. The molecule has 2 fully saturated rings. The first kappa shape index (κ1) is 15.0. The van der Waals surface area contributed by atoms with Crippen LogP contribution in [0.25, 0.3) is 0 Å². The van der Waals surface area contributed by atoms with Crippen molar-refractivity contribution in [2.75, 3.05) is 37.6 Å². The van der Waals surface area contributed by atoms with Crippen molar-refractivity contribution in [3.63, 3.8) is 0 Å². The highest BCUT2D eigenvalue weighted by Gasteiger charge is 2.26. The number of H-pyrrole nitrogens is 1. The molecule has 3 rings (SSSR count). The van der Waals surface area contributed by atoms with Crippen LogP contribution in [-0.4, -0.2) is 52.4 Å². The van der Waals surface area contributed by atoms with E-state index >= 15 is 0 Å². The van der Waals surface area contributed by atoms with Gasteiger partial charge >= 0.3 is 0 Å². The van der Waals surface area contributed by atoms with E-state index in [0.717, 1.165) is 42.8 Å². The van der Waals surface area contributed by atoms with E-state index in [1.54, 1.807) is 0 Å². The highest BCUT2D eigenvalue weighted by molar-refractivity contribution is 7.71. The van der Waals surface area contributed by atoms with Crippen molar-refractivity contribution in [3.05, 3.63) is 4.77 Å². The fourth-order valence-electron chi connectivity index (χ4n) is 3.66. The number of aromatic nitrogens is 3. The first-order valence-electron chi connectivity index (χ1n) is 8.29. The normalized spacial score (nSPS) is 21.6. The van der Waals surface area contributed by atoms with Gasteiger partial charge in [0.2, 0.25) is 5.95 Å². The van der Waals surface area contributed by atoms with Gasteiger partial charge in [0.05, 0.1) is 0 Å². The van der Waals surface area contributed by atoms with Crippen LogP contribution in [0.4, 0.5) is 5.95 Å². The molecule has 5 nitrogen and oxygen atoms in total. The maximum atomic E-state index is 5.47. The smallest absolute Gasteiger partial charge is 0.226 e. The van der Waals surface area contributed by atoms with Crippen molar-refractivity contribution < 1.29 is 0 Å². The Labute approximate surface area is 132 Å². The lowest BCUT2D eigenvalue weighted by Gasteiger charge is -2.36. The molecule has 1 N–H and O–H groups in total. The number of piperazine rings is 1. The van der Waals surface area contributed by atoms with Gasteiger partial charge in [0, 0.05) is 38.8 Å². The first-order valence-corrected chi connectivity index (χ1v) is 8.70. The van der Waals surface area contributed by atoms with E-state index in [1.807, 2.05) is 0 Å². The molecule has 1 aromatic rings. The Morgan fingerprint density at radius 3 is 2.48 bits per heavy atom. The van der Waals surface area contributed by atoms with E-state index in [2.05, 4.69) is 38.4 Å². The quantitative estimate of drug-likeness (QED) is 0.868. The number of nitrogens with zero attached hydrogens (tertiary/aromatic N) is 4. The van der Waals surface area contributed by atoms with E-state index in [4.69, 9.17) is 12.2 Å². The molecule has 0 amide bonds. The number of nitrogens with one attached hydrogen (secondary N) is 1. The third-order valence-corrected chi connectivity index (χ3v) is 4.94. The molecule has 2 aliphatic rings. The summed E-state index contributed by atoms with van der Waals surface area (Å²) in [6.45, 7) is 10.1. The summed E-state index contributed by atoms with van der Waals surface area (Å²) in [6, 6.07) is 0.556. The standard InChI is InChI=1S/C15H27N5S/c1-12(2)11-18-7-9-19(10-8-18)14-16-17-15(21)20(14)13-5-3-4-6-13/h12-13H,3-11H2,1-2H3,(H,17,21). The molecule has 0 aromatic carbocycles. The molecule has 2 heterocycles. The maximum absolute atomic E-state index is 5.47. The number of aromatic amines is 1. The largest absolute Gasteiger partial charge is 0.338 e. The number of hydrogen-bond donors (Lipinski definition) is 1. The van der Waals surface area contributed by atoms with Gasteiger partial charge in [-0.1, -0.05) is 26.7 Å². The lowest BCUT2D eigenvalue weighted by atomic mass is 10.2. The van der Waals surface area contributed by atoms with E-state index in [0.29, 0.717) is 6.04 Å². The third kappa shape index (κ3) is 3.31. The van der Waals surface area contributed by atoms with Crippen LogP contribution in [0.2, 0.25) is 0 Å². The molecular formula is C15H27N5S. The molecule has 1 aromatic heterocycles. The summed E-state index contributed by atoms with van der Waals surface area (Å²) in [5.74, 6) is 1.81. The fourth-order valence-corrected chi connectivity index (χ4v) is 3.93. The zero-order valence-electron chi connectivity index (χ0n) is 13.2. The molecule has 0 spiro atoms. The van der Waals surface area contributed by atoms with Crippen molar-refractivity contribution in [2.24, 2.45) is 5.92 Å². The molecule has 1 aliphatic carbocycles. The van der Waals surface area contributed by atoms with Crippen molar-refractivity contribution in [2.45, 2.75) is 45.6 Å². The van der Waals surface area contributed by atoms with Crippen LogP contribution in [-0.2, 0) is 0 Å². The van der Waals surface area contributed by atoms with Crippen molar-refractivity contribution >= 4 is 18.2 Å². The minimum absolute atomic E-state index is 0.556. The summed E-state index contributed by atoms with van der Waals surface area (Å²) in [7, 11) is 0. The van der Waals surface area contributed by atoms with Gasteiger partial charge in [-0.25, -0.2) is 5.10 Å². The second-order valence-electron chi connectivity index (χ2n) is 6.82. The molecule has 0 radical (unpaired) electrons. The number of hydrogen-bond acceptors (Lipinski definition) is 4. The molecule has 1 aliphatic heterocycles. The van der Waals surface area contributed by atoms with Crippen LogP contribution < -0.4 is 4.90 Å². The highest BCUT2D eigenvalue weighted by Crippen LogP contribution is 2.32. The first-order chi connectivity index (χ1) is 10.1. The Balaban J connectivity index is 1.69. The van der Waals surface area contributed by atoms with Crippen LogP contribution in [0.1, 0.15) is 45.6 Å². The summed E-state index contributed by atoms with van der Waals surface area (Å²) in [4.78, 5) is 4.96. The van der Waals surface area contributed by atoms with E-state index in [-0.39, 0.29) is 0 Å². The van der Waals surface area contributed by atoms with Crippen LogP contribution in [0.15, 0.2) is 0 Å². The fraction of sp³-hybridized carbons (Fsp3) is 0.867. The molecule has 1 saturated heterocycles. The van der Waals surface area contributed by atoms with Crippen molar-refractivity contribution in [3.8, 4) is 0 Å². The van der Waals surface area contributed by atoms with Gasteiger partial charge in [-0.05, 0) is 31.0 Å². The molecule has 0 unspecified atom stereocenters. The SMILES string of the molecule is CC(C)CN1CCN(c2n[nH]c(=S)n2C2CCCC2)CC1. The molecule has 0 atom stereocenters. The summed E-state index contributed by atoms with van der Waals surface area (Å²) >= 11 is 5.47. The van der Waals surface area contributed by atoms with E-state index in [9.17, 15) is 0 Å². The van der Waals surface area contributed by atoms with Gasteiger partial charge in [-0.2, -0.15) is 0 Å². The third-order valence-electron chi connectivity index (χ3n) is 4.65. The van der Waals surface area contributed by atoms with Gasteiger partial charge < -0.3 is 4.90 Å². The number of rotatable bonds is 4. The minimum Gasteiger partial charge on any atom is -0.338 e. The monoisotopic (exact) mass is 309 g/mol. The topological polar surface area (TPSA) is 40.1 Å². The van der Waals surface area contributed by atoms with E-state index in [1.165, 1.54) is 32.2 Å². The molecule has 21 heavy (non-hydrogen) atoms. The van der Waals surface area contributed by atoms with Crippen molar-refractivity contribution in [1.29, 1.82) is 0 Å². The Morgan fingerprint density at radius 1 is 1.19 bits per heavy atom. The summed E-state index contributed by atoms with van der Waals surface area (Å²) in [5, 5.41) is 7.54. The summed E-state index contributed by atoms with van der Waals surface area (Å²) in [6.07, 6.45) is 5.13. The van der Waals surface area contributed by atoms with Crippen LogP contribution in [0.3, 0.4) is 0 Å². The van der Waals surface area contributed by atoms with Gasteiger partial charge in [-0.15, -0.1) is 5.10 Å². The summed E-state index contributed by atoms with van der Waals surface area (Å²) in [5.41, 5.74) is 0. The Kier molecular flexibility index (Phi) is 4.64. The average molecular weight is 309 g/mol. The second kappa shape index (κ2) is 6.48. The second-order valence-corrected chi connectivity index (χ2v) is 7.21. The van der Waals surface area contributed by atoms with Gasteiger partial charge in [0.15, 0.2) is 4.77 Å². The molecule has 6 heteroatoms. The maximum Gasteiger partial charge on any atom is 0.226 e. The Hall–Kier alpha value is -0.880. The lowest BCUT2D eigenvalue weighted by Crippen LogP contribution is -2.48. The lowest BCUT2D eigenvalue weighted by molar-refractivity contribution is 0.229. The minimum atomic E-state index is 0.556. The van der Waals surface area contributed by atoms with Gasteiger partial charge in [-0.3, -0.25) is 9.47 Å². The Morgan fingerprint density at radius 2 is 1.86 bits per heavy atom. The zero-order valence-corrected chi connectivity index (χ0v) is 14.0. The molecule has 118 valence electrons.